The predicted octanol–water partition coefficient (Wildman–Crippen LogP) is 2.32. The normalized spacial score (nSPS) is 10.5. The highest BCUT2D eigenvalue weighted by Gasteiger charge is 2.16. The smallest absolute Gasteiger partial charge is 0.329 e. The lowest BCUT2D eigenvalue weighted by atomic mass is 10.2. The van der Waals surface area contributed by atoms with Crippen molar-refractivity contribution in [2.24, 2.45) is 5.10 Å². The zero-order chi connectivity index (χ0) is 22.2. The molecule has 0 saturated heterocycles. The minimum atomic E-state index is -0.966. The molecular formula is C20H19N5O5S. The van der Waals surface area contributed by atoms with Crippen LogP contribution in [0.3, 0.4) is 0 Å². The minimum absolute atomic E-state index is 0.199. The summed E-state index contributed by atoms with van der Waals surface area (Å²) in [7, 11) is 4.48. The van der Waals surface area contributed by atoms with Crippen molar-refractivity contribution >= 4 is 34.5 Å². The topological polar surface area (TPSA) is 124 Å². The summed E-state index contributed by atoms with van der Waals surface area (Å²) in [6.45, 7) is 0. The molecule has 0 spiro atoms. The van der Waals surface area contributed by atoms with Crippen LogP contribution in [0.25, 0.3) is 10.6 Å². The molecule has 31 heavy (non-hydrogen) atoms. The van der Waals surface area contributed by atoms with Gasteiger partial charge in [0.05, 0.1) is 27.5 Å². The van der Waals surface area contributed by atoms with E-state index in [1.54, 1.807) is 12.1 Å². The van der Waals surface area contributed by atoms with Crippen molar-refractivity contribution in [3.8, 4) is 27.8 Å². The summed E-state index contributed by atoms with van der Waals surface area (Å²) in [6, 6.07) is 12.6. The van der Waals surface area contributed by atoms with Gasteiger partial charge < -0.3 is 14.2 Å². The van der Waals surface area contributed by atoms with Gasteiger partial charge in [0.1, 0.15) is 10.8 Å². The third-order valence-electron chi connectivity index (χ3n) is 3.98. The quantitative estimate of drug-likeness (QED) is 0.328. The molecule has 11 heteroatoms. The van der Waals surface area contributed by atoms with Crippen molar-refractivity contribution < 1.29 is 23.8 Å². The van der Waals surface area contributed by atoms with Crippen LogP contribution in [-0.4, -0.2) is 49.6 Å². The molecule has 0 saturated carbocycles. The second-order valence-corrected chi connectivity index (χ2v) is 6.86. The van der Waals surface area contributed by atoms with Gasteiger partial charge in [-0.1, -0.05) is 41.7 Å². The molecule has 3 aromatic rings. The third kappa shape index (κ3) is 5.34. The fraction of sp³-hybridized carbons (Fsp3) is 0.150. The van der Waals surface area contributed by atoms with E-state index in [1.165, 1.54) is 27.5 Å². The van der Waals surface area contributed by atoms with Crippen molar-refractivity contribution in [2.45, 2.75) is 0 Å². The molecule has 0 aliphatic rings. The first-order valence-corrected chi connectivity index (χ1v) is 9.70. The average molecular weight is 441 g/mol. The molecule has 1 heterocycles. The van der Waals surface area contributed by atoms with Gasteiger partial charge in [0.25, 0.3) is 0 Å². The molecule has 10 nitrogen and oxygen atoms in total. The SMILES string of the molecule is COc1cc(OC)c(OC)cc1C=NNC(=O)C(=O)Nc1nnc(-c2ccccc2)s1. The Morgan fingerprint density at radius 3 is 2.29 bits per heavy atom. The number of carbonyl (C=O) groups excluding carboxylic acids is 2. The van der Waals surface area contributed by atoms with Gasteiger partial charge in [-0.15, -0.1) is 10.2 Å². The first-order chi connectivity index (χ1) is 15.0. The number of hydrazone groups is 1. The number of methoxy groups -OCH3 is 3. The van der Waals surface area contributed by atoms with E-state index in [4.69, 9.17) is 14.2 Å². The molecule has 2 amide bonds. The van der Waals surface area contributed by atoms with E-state index in [-0.39, 0.29) is 5.13 Å². The lowest BCUT2D eigenvalue weighted by Crippen LogP contribution is -2.32. The highest BCUT2D eigenvalue weighted by molar-refractivity contribution is 7.18. The Labute approximate surface area is 181 Å². The lowest BCUT2D eigenvalue weighted by Gasteiger charge is -2.11. The van der Waals surface area contributed by atoms with E-state index < -0.39 is 11.8 Å². The van der Waals surface area contributed by atoms with Gasteiger partial charge in [-0.3, -0.25) is 14.9 Å². The summed E-state index contributed by atoms with van der Waals surface area (Å²) in [5.41, 5.74) is 3.53. The van der Waals surface area contributed by atoms with Gasteiger partial charge in [0.15, 0.2) is 11.5 Å². The Balaban J connectivity index is 1.62. The number of anilines is 1. The largest absolute Gasteiger partial charge is 0.496 e. The Bertz CT molecular complexity index is 1100. The highest BCUT2D eigenvalue weighted by Crippen LogP contribution is 2.33. The first kappa shape index (κ1) is 21.7. The van der Waals surface area contributed by atoms with Gasteiger partial charge in [0.2, 0.25) is 5.13 Å². The standard InChI is InChI=1S/C20H19N5O5S/c1-28-14-10-16(30-3)15(29-2)9-13(14)11-21-23-18(27)17(26)22-20-25-24-19(31-20)12-7-5-4-6-8-12/h4-11H,1-3H3,(H,23,27)(H,22,25,26). The number of benzene rings is 2. The summed E-state index contributed by atoms with van der Waals surface area (Å²) >= 11 is 1.15. The third-order valence-corrected chi connectivity index (χ3v) is 4.87. The van der Waals surface area contributed by atoms with Gasteiger partial charge in [-0.25, -0.2) is 5.43 Å². The number of amides is 2. The van der Waals surface area contributed by atoms with E-state index in [1.807, 2.05) is 30.3 Å². The monoisotopic (exact) mass is 441 g/mol. The first-order valence-electron chi connectivity index (χ1n) is 8.89. The number of carbonyl (C=O) groups is 2. The van der Waals surface area contributed by atoms with Crippen LogP contribution in [0, 0.1) is 0 Å². The molecule has 0 fully saturated rings. The maximum absolute atomic E-state index is 12.1. The summed E-state index contributed by atoms with van der Waals surface area (Å²) in [6.07, 6.45) is 1.32. The van der Waals surface area contributed by atoms with E-state index >= 15 is 0 Å². The minimum Gasteiger partial charge on any atom is -0.496 e. The Kier molecular flexibility index (Phi) is 7.12. The van der Waals surface area contributed by atoms with Crippen LogP contribution < -0.4 is 25.0 Å². The molecule has 0 atom stereocenters. The van der Waals surface area contributed by atoms with E-state index in [0.717, 1.165) is 16.9 Å². The number of hydrogen-bond acceptors (Lipinski definition) is 9. The maximum Gasteiger partial charge on any atom is 0.329 e. The molecule has 1 aromatic heterocycles. The molecular weight excluding hydrogens is 422 g/mol. The zero-order valence-corrected chi connectivity index (χ0v) is 17.7. The van der Waals surface area contributed by atoms with E-state index in [0.29, 0.717) is 27.8 Å². The molecule has 0 unspecified atom stereocenters. The predicted molar refractivity (Wildman–Crippen MR) is 116 cm³/mol. The lowest BCUT2D eigenvalue weighted by molar-refractivity contribution is -0.136. The summed E-state index contributed by atoms with van der Waals surface area (Å²) in [4.78, 5) is 24.1. The highest BCUT2D eigenvalue weighted by atomic mass is 32.1. The maximum atomic E-state index is 12.1. The van der Waals surface area contributed by atoms with Gasteiger partial charge >= 0.3 is 11.8 Å². The van der Waals surface area contributed by atoms with Crippen LogP contribution in [0.1, 0.15) is 5.56 Å². The number of nitrogens with zero attached hydrogens (tertiary/aromatic N) is 3. The van der Waals surface area contributed by atoms with E-state index in [2.05, 4.69) is 26.0 Å². The van der Waals surface area contributed by atoms with Crippen molar-refractivity contribution in [1.82, 2.24) is 15.6 Å². The van der Waals surface area contributed by atoms with Crippen molar-refractivity contribution in [3.05, 3.63) is 48.0 Å². The molecule has 0 aliphatic carbocycles. The number of ether oxygens (including phenoxy) is 3. The van der Waals surface area contributed by atoms with Crippen LogP contribution in [0.5, 0.6) is 17.2 Å². The van der Waals surface area contributed by atoms with Crippen LogP contribution in [-0.2, 0) is 9.59 Å². The molecule has 3 rings (SSSR count). The average Bonchev–Trinajstić information content (AvgIpc) is 3.27. The zero-order valence-electron chi connectivity index (χ0n) is 16.9. The summed E-state index contributed by atoms with van der Waals surface area (Å²) in [5.74, 6) is -0.507. The fourth-order valence-electron chi connectivity index (χ4n) is 2.49. The van der Waals surface area contributed by atoms with Gasteiger partial charge in [0, 0.05) is 17.2 Å². The molecule has 160 valence electrons. The Hall–Kier alpha value is -3.99. The molecule has 2 aromatic carbocycles. The van der Waals surface area contributed by atoms with Crippen LogP contribution in [0.2, 0.25) is 0 Å². The Morgan fingerprint density at radius 2 is 1.61 bits per heavy atom. The molecule has 2 N–H and O–H groups in total. The fourth-order valence-corrected chi connectivity index (χ4v) is 3.23. The second-order valence-electron chi connectivity index (χ2n) is 5.88. The van der Waals surface area contributed by atoms with Crippen molar-refractivity contribution in [2.75, 3.05) is 26.6 Å². The van der Waals surface area contributed by atoms with Crippen molar-refractivity contribution in [1.29, 1.82) is 0 Å². The number of rotatable bonds is 7. The molecule has 0 aliphatic heterocycles. The Morgan fingerprint density at radius 1 is 0.935 bits per heavy atom. The summed E-state index contributed by atoms with van der Waals surface area (Å²) < 4.78 is 15.7. The number of hydrogen-bond donors (Lipinski definition) is 2. The van der Waals surface area contributed by atoms with Gasteiger partial charge in [-0.05, 0) is 6.07 Å². The van der Waals surface area contributed by atoms with Crippen LogP contribution in [0.15, 0.2) is 47.6 Å². The molecule has 0 bridgehead atoms. The van der Waals surface area contributed by atoms with Crippen LogP contribution >= 0.6 is 11.3 Å². The number of nitrogens with one attached hydrogen (secondary N) is 2. The second kappa shape index (κ2) is 10.2. The van der Waals surface area contributed by atoms with E-state index in [9.17, 15) is 9.59 Å². The molecule has 0 radical (unpaired) electrons. The van der Waals surface area contributed by atoms with Gasteiger partial charge in [-0.2, -0.15) is 5.10 Å². The van der Waals surface area contributed by atoms with Crippen LogP contribution in [0.4, 0.5) is 5.13 Å². The summed E-state index contributed by atoms with van der Waals surface area (Å²) in [5, 5.41) is 14.9. The number of aromatic nitrogens is 2. The van der Waals surface area contributed by atoms with Crippen molar-refractivity contribution in [3.63, 3.8) is 0 Å².